The monoisotopic (exact) mass is 630 g/mol. The number of nitro benzene ring substituents is 1. The van der Waals surface area contributed by atoms with Crippen LogP contribution in [0.15, 0.2) is 53.4 Å². The number of aliphatic hydroxyl groups excluding tert-OH is 1. The summed E-state index contributed by atoms with van der Waals surface area (Å²) in [5.41, 5.74) is -0.00688. The van der Waals surface area contributed by atoms with Crippen molar-refractivity contribution in [3.8, 4) is 6.07 Å². The molecule has 5 atom stereocenters. The molecule has 2 saturated heterocycles. The van der Waals surface area contributed by atoms with Gasteiger partial charge in [-0.3, -0.25) is 10.1 Å². The highest BCUT2D eigenvalue weighted by atomic mass is 32.2. The van der Waals surface area contributed by atoms with Gasteiger partial charge in [-0.15, -0.1) is 0 Å². The van der Waals surface area contributed by atoms with E-state index in [2.05, 4.69) is 11.4 Å². The molecule has 238 valence electrons. The molecular formula is C30H38N4O9S. The maximum Gasteiger partial charge on any atom is 0.404 e. The Morgan fingerprint density at radius 1 is 1.25 bits per heavy atom. The molecule has 4 rings (SSSR count). The number of fused-ring (bicyclic) bond motifs is 1. The number of carbonyl (C=O) groups is 1. The van der Waals surface area contributed by atoms with Crippen LogP contribution in [0, 0.1) is 32.8 Å². The number of hydrogen-bond donors (Lipinski definition) is 3. The smallest absolute Gasteiger partial charge is 0.404 e. The van der Waals surface area contributed by atoms with Crippen molar-refractivity contribution >= 4 is 21.8 Å². The van der Waals surface area contributed by atoms with Gasteiger partial charge in [-0.05, 0) is 41.9 Å². The van der Waals surface area contributed by atoms with Crippen LogP contribution in [0.3, 0.4) is 0 Å². The summed E-state index contributed by atoms with van der Waals surface area (Å²) < 4.78 is 41.5. The molecule has 2 aromatic rings. The molecule has 0 spiro atoms. The Morgan fingerprint density at radius 2 is 1.98 bits per heavy atom. The first-order valence-electron chi connectivity index (χ1n) is 14.4. The van der Waals surface area contributed by atoms with Gasteiger partial charge in [-0.25, -0.2) is 13.2 Å². The number of benzene rings is 2. The number of aliphatic hydroxyl groups is 1. The third-order valence-corrected chi connectivity index (χ3v) is 10.1. The molecule has 2 aliphatic heterocycles. The van der Waals surface area contributed by atoms with Crippen LogP contribution in [-0.4, -0.2) is 78.7 Å². The van der Waals surface area contributed by atoms with Gasteiger partial charge in [0, 0.05) is 43.5 Å². The van der Waals surface area contributed by atoms with Crippen LogP contribution in [0.5, 0.6) is 0 Å². The van der Waals surface area contributed by atoms with Gasteiger partial charge in [0.2, 0.25) is 10.0 Å². The first kappa shape index (κ1) is 33.3. The van der Waals surface area contributed by atoms with Gasteiger partial charge in [-0.2, -0.15) is 9.57 Å². The fraction of sp³-hybridized carbons (Fsp3) is 0.533. The molecule has 44 heavy (non-hydrogen) atoms. The minimum atomic E-state index is -4.43. The van der Waals surface area contributed by atoms with Gasteiger partial charge in [0.1, 0.15) is 0 Å². The van der Waals surface area contributed by atoms with Crippen LogP contribution in [0.25, 0.3) is 0 Å². The lowest BCUT2D eigenvalue weighted by atomic mass is 9.87. The summed E-state index contributed by atoms with van der Waals surface area (Å²) in [6, 6.07) is 13.5. The van der Waals surface area contributed by atoms with E-state index in [9.17, 15) is 38.8 Å². The average molecular weight is 631 g/mol. The summed E-state index contributed by atoms with van der Waals surface area (Å²) in [6.45, 7) is 3.58. The lowest BCUT2D eigenvalue weighted by Gasteiger charge is -2.35. The van der Waals surface area contributed by atoms with Crippen LogP contribution in [-0.2, 0) is 25.9 Å². The van der Waals surface area contributed by atoms with E-state index < -0.39 is 57.4 Å². The van der Waals surface area contributed by atoms with Crippen molar-refractivity contribution in [3.63, 3.8) is 0 Å². The molecule has 0 saturated carbocycles. The van der Waals surface area contributed by atoms with E-state index in [-0.39, 0.29) is 48.1 Å². The van der Waals surface area contributed by atoms with E-state index in [1.54, 1.807) is 44.2 Å². The highest BCUT2D eigenvalue weighted by Gasteiger charge is 2.45. The topological polar surface area (TPSA) is 192 Å². The third kappa shape index (κ3) is 7.91. The number of rotatable bonds is 14. The van der Waals surface area contributed by atoms with Crippen molar-refractivity contribution in [1.82, 2.24) is 9.62 Å². The van der Waals surface area contributed by atoms with Crippen LogP contribution in [0.2, 0.25) is 0 Å². The third-order valence-electron chi connectivity index (χ3n) is 8.24. The Balaban J connectivity index is 1.75. The second-order valence-corrected chi connectivity index (χ2v) is 14.0. The standard InChI is InChI=1S/C30H38N4O9S/c1-30(2,12-6-13-31)19-33(17-26(35)25(32-29(36)37)15-20-7-4-3-5-8-20)44(40,41)27-10-9-21(34(38)39)16-23(27)24-18-43-28-22(24)11-14-42-28/h3-5,7-10,16,22,24-26,28,32,35H,6,11-12,14-15,17-19H2,1-2H3,(H,36,37)/t22-,24+,25-,26+,28+/m0/s1. The van der Waals surface area contributed by atoms with Crippen molar-refractivity contribution in [2.45, 2.75) is 68.8 Å². The number of hydrogen-bond acceptors (Lipinski definition) is 9. The van der Waals surface area contributed by atoms with Crippen molar-refractivity contribution in [3.05, 3.63) is 69.8 Å². The Hall–Kier alpha value is -3.61. The maximum absolute atomic E-state index is 14.5. The summed E-state index contributed by atoms with van der Waals surface area (Å²) in [4.78, 5) is 22.6. The van der Waals surface area contributed by atoms with Gasteiger partial charge in [-0.1, -0.05) is 44.2 Å². The SMILES string of the molecule is CC(C)(CCC#N)CN(C[C@@H](O)[C@H](Cc1ccccc1)NC(=O)O)S(=O)(=O)c1ccc([N+](=O)[O-])cc1[C@@H]1CO[C@H]2OCC[C@H]21. The van der Waals surface area contributed by atoms with Crippen LogP contribution >= 0.6 is 0 Å². The molecule has 3 N–H and O–H groups in total. The van der Waals surface area contributed by atoms with Crippen molar-refractivity contribution in [2.24, 2.45) is 11.3 Å². The van der Waals surface area contributed by atoms with Crippen molar-refractivity contribution in [2.75, 3.05) is 26.3 Å². The molecule has 1 amide bonds. The summed E-state index contributed by atoms with van der Waals surface area (Å²) in [6.07, 6.45) is -2.13. The summed E-state index contributed by atoms with van der Waals surface area (Å²) >= 11 is 0. The predicted molar refractivity (Wildman–Crippen MR) is 158 cm³/mol. The number of nitro groups is 1. The fourth-order valence-electron chi connectivity index (χ4n) is 5.94. The van der Waals surface area contributed by atoms with Gasteiger partial charge >= 0.3 is 6.09 Å². The lowest BCUT2D eigenvalue weighted by molar-refractivity contribution is -0.385. The van der Waals surface area contributed by atoms with Gasteiger partial charge in [0.15, 0.2) is 6.29 Å². The maximum atomic E-state index is 14.5. The second-order valence-electron chi connectivity index (χ2n) is 12.0. The number of nitriles is 1. The van der Waals surface area contributed by atoms with E-state index in [0.717, 1.165) is 15.9 Å². The minimum Gasteiger partial charge on any atom is -0.465 e. The molecule has 2 fully saturated rings. The number of nitrogens with zero attached hydrogens (tertiary/aromatic N) is 3. The van der Waals surface area contributed by atoms with E-state index in [0.29, 0.717) is 19.4 Å². The van der Waals surface area contributed by atoms with Gasteiger partial charge in [0.25, 0.3) is 5.69 Å². The van der Waals surface area contributed by atoms with Gasteiger partial charge < -0.3 is 25.0 Å². The van der Waals surface area contributed by atoms with Gasteiger partial charge in [0.05, 0.1) is 41.2 Å². The van der Waals surface area contributed by atoms with E-state index in [4.69, 9.17) is 9.47 Å². The quantitative estimate of drug-likeness (QED) is 0.205. The zero-order valence-electron chi connectivity index (χ0n) is 24.7. The minimum absolute atomic E-state index is 0.102. The first-order valence-corrected chi connectivity index (χ1v) is 15.9. The number of amides is 1. The Kier molecular flexibility index (Phi) is 10.6. The molecule has 0 unspecified atom stereocenters. The van der Waals surface area contributed by atoms with E-state index >= 15 is 0 Å². The summed E-state index contributed by atoms with van der Waals surface area (Å²) in [5, 5.41) is 44.1. The normalized spacial score (nSPS) is 21.4. The Labute approximate surface area is 256 Å². The molecule has 2 aliphatic rings. The highest BCUT2D eigenvalue weighted by Crippen LogP contribution is 2.45. The number of nitrogens with one attached hydrogen (secondary N) is 1. The first-order chi connectivity index (χ1) is 20.8. The number of ether oxygens (including phenoxy) is 2. The van der Waals surface area contributed by atoms with Crippen LogP contribution in [0.1, 0.15) is 50.2 Å². The Bertz CT molecular complexity index is 1480. The zero-order valence-corrected chi connectivity index (χ0v) is 25.5. The fourth-order valence-corrected chi connectivity index (χ4v) is 7.84. The molecule has 13 nitrogen and oxygen atoms in total. The molecule has 2 aromatic carbocycles. The molecule has 0 radical (unpaired) electrons. The van der Waals surface area contributed by atoms with Crippen LogP contribution < -0.4 is 5.32 Å². The number of carboxylic acid groups (broad SMARTS) is 1. The number of sulfonamides is 1. The lowest BCUT2D eigenvalue weighted by Crippen LogP contribution is -2.51. The largest absolute Gasteiger partial charge is 0.465 e. The molecule has 0 aliphatic carbocycles. The molecule has 14 heteroatoms. The summed E-state index contributed by atoms with van der Waals surface area (Å²) in [5.74, 6) is -0.669. The predicted octanol–water partition coefficient (Wildman–Crippen LogP) is 3.63. The highest BCUT2D eigenvalue weighted by molar-refractivity contribution is 7.89. The second kappa shape index (κ2) is 14.0. The zero-order chi connectivity index (χ0) is 32.1. The van der Waals surface area contributed by atoms with E-state index in [1.165, 1.54) is 12.1 Å². The van der Waals surface area contributed by atoms with E-state index in [1.807, 2.05) is 0 Å². The van der Waals surface area contributed by atoms with Crippen LogP contribution in [0.4, 0.5) is 10.5 Å². The average Bonchev–Trinajstić information content (AvgIpc) is 3.60. The molecular weight excluding hydrogens is 592 g/mol. The molecule has 2 heterocycles. The number of non-ortho nitro benzene ring substituents is 1. The summed E-state index contributed by atoms with van der Waals surface area (Å²) in [7, 11) is -4.43. The van der Waals surface area contributed by atoms with Crippen molar-refractivity contribution < 1.29 is 37.8 Å². The molecule has 0 bridgehead atoms. The Morgan fingerprint density at radius 3 is 2.64 bits per heavy atom. The molecule has 0 aromatic heterocycles. The van der Waals surface area contributed by atoms with Crippen molar-refractivity contribution in [1.29, 1.82) is 5.26 Å².